The molecular weight excluding hydrogens is 386 g/mol. The van der Waals surface area contributed by atoms with Crippen molar-refractivity contribution in [1.29, 1.82) is 0 Å². The Morgan fingerprint density at radius 3 is 2.70 bits per heavy atom. The van der Waals surface area contributed by atoms with Crippen molar-refractivity contribution >= 4 is 17.0 Å². The van der Waals surface area contributed by atoms with E-state index in [0.29, 0.717) is 26.3 Å². The third-order valence-electron chi connectivity index (χ3n) is 5.55. The summed E-state index contributed by atoms with van der Waals surface area (Å²) in [5.41, 5.74) is 2.67. The van der Waals surface area contributed by atoms with Gasteiger partial charge in [-0.05, 0) is 17.7 Å². The normalized spacial score (nSPS) is 23.2. The number of ether oxygens (including phenoxy) is 2. The van der Waals surface area contributed by atoms with Crippen LogP contribution in [0.15, 0.2) is 37.2 Å². The molecule has 3 aromatic rings. The van der Waals surface area contributed by atoms with E-state index in [9.17, 15) is 5.11 Å². The summed E-state index contributed by atoms with van der Waals surface area (Å²) >= 11 is 0. The lowest BCUT2D eigenvalue weighted by Gasteiger charge is -2.38. The van der Waals surface area contributed by atoms with Crippen molar-refractivity contribution in [3.05, 3.63) is 42.7 Å². The van der Waals surface area contributed by atoms with Gasteiger partial charge in [0.2, 0.25) is 0 Å². The summed E-state index contributed by atoms with van der Waals surface area (Å²) in [6.45, 7) is 4.98. The van der Waals surface area contributed by atoms with Crippen LogP contribution in [0.4, 0.5) is 5.82 Å². The lowest BCUT2D eigenvalue weighted by Crippen LogP contribution is -2.46. The minimum Gasteiger partial charge on any atom is -0.394 e. The second-order valence-electron chi connectivity index (χ2n) is 7.57. The maximum absolute atomic E-state index is 9.79. The Hall–Kier alpha value is -2.66. The van der Waals surface area contributed by atoms with E-state index in [1.54, 1.807) is 25.0 Å². The van der Waals surface area contributed by atoms with Gasteiger partial charge in [0.05, 0.1) is 32.3 Å². The molecule has 5 rings (SSSR count). The number of imidazole rings is 1. The van der Waals surface area contributed by atoms with Gasteiger partial charge in [-0.2, -0.15) is 0 Å². The van der Waals surface area contributed by atoms with Crippen LogP contribution in [0, 0.1) is 0 Å². The van der Waals surface area contributed by atoms with Gasteiger partial charge in [0.1, 0.15) is 12.6 Å². The molecule has 5 heterocycles. The number of aromatic nitrogens is 5. The summed E-state index contributed by atoms with van der Waals surface area (Å²) in [6.07, 6.45) is 6.36. The number of hydrogen-bond donors (Lipinski definition) is 1. The van der Waals surface area contributed by atoms with E-state index < -0.39 is 0 Å². The van der Waals surface area contributed by atoms with Gasteiger partial charge in [0.25, 0.3) is 0 Å². The Kier molecular flexibility index (Phi) is 5.54. The average Bonchev–Trinajstić information content (AvgIpc) is 3.24. The molecule has 0 bridgehead atoms. The summed E-state index contributed by atoms with van der Waals surface area (Å²) < 4.78 is 13.6. The van der Waals surface area contributed by atoms with Gasteiger partial charge in [0, 0.05) is 45.1 Å². The summed E-state index contributed by atoms with van der Waals surface area (Å²) in [6, 6.07) is 4.01. The molecule has 10 nitrogen and oxygen atoms in total. The Morgan fingerprint density at radius 1 is 1.07 bits per heavy atom. The molecule has 0 aromatic carbocycles. The molecule has 0 unspecified atom stereocenters. The fraction of sp³-hybridized carbons (Fsp3) is 0.500. The number of fused-ring (bicyclic) bond motifs is 1. The zero-order chi connectivity index (χ0) is 20.3. The molecule has 0 saturated carbocycles. The third-order valence-corrected chi connectivity index (χ3v) is 5.55. The minimum atomic E-state index is -0.296. The van der Waals surface area contributed by atoms with Crippen LogP contribution in [0.1, 0.15) is 11.8 Å². The zero-order valence-electron chi connectivity index (χ0n) is 16.7. The second-order valence-corrected chi connectivity index (χ2v) is 7.57. The van der Waals surface area contributed by atoms with Crippen LogP contribution in [0.3, 0.4) is 0 Å². The molecule has 2 aliphatic heterocycles. The molecule has 0 aliphatic carbocycles. The van der Waals surface area contributed by atoms with Gasteiger partial charge in [-0.1, -0.05) is 0 Å². The highest BCUT2D eigenvalue weighted by Crippen LogP contribution is 2.28. The molecule has 0 radical (unpaired) electrons. The summed E-state index contributed by atoms with van der Waals surface area (Å²) in [4.78, 5) is 22.1. The van der Waals surface area contributed by atoms with Crippen LogP contribution in [0.25, 0.3) is 11.2 Å². The first-order chi connectivity index (χ1) is 14.8. The van der Waals surface area contributed by atoms with Gasteiger partial charge in [0.15, 0.2) is 17.0 Å². The van der Waals surface area contributed by atoms with Crippen molar-refractivity contribution < 1.29 is 14.6 Å². The van der Waals surface area contributed by atoms with Gasteiger partial charge < -0.3 is 19.5 Å². The third kappa shape index (κ3) is 3.86. The minimum absolute atomic E-state index is 0.0377. The number of pyridine rings is 1. The number of anilines is 1. The van der Waals surface area contributed by atoms with E-state index >= 15 is 0 Å². The van der Waals surface area contributed by atoms with Crippen LogP contribution in [-0.4, -0.2) is 86.6 Å². The highest BCUT2D eigenvalue weighted by Gasteiger charge is 2.30. The molecule has 0 amide bonds. The molecule has 2 fully saturated rings. The van der Waals surface area contributed by atoms with E-state index in [2.05, 4.69) is 29.7 Å². The quantitative estimate of drug-likeness (QED) is 0.641. The predicted molar refractivity (Wildman–Crippen MR) is 109 cm³/mol. The standard InChI is InChI=1S/C20H25N7O3/c28-12-16-10-25(9-15-1-3-21-4-2-15)11-17(30-16)27-14-24-18-19(22-13-23-20(18)27)26-5-7-29-8-6-26/h1-4,13-14,16-17,28H,5-12H2/t16-,17+/m0/s1. The first-order valence-corrected chi connectivity index (χ1v) is 10.2. The average molecular weight is 411 g/mol. The van der Waals surface area contributed by atoms with E-state index in [0.717, 1.165) is 36.6 Å². The highest BCUT2D eigenvalue weighted by atomic mass is 16.5. The van der Waals surface area contributed by atoms with E-state index in [-0.39, 0.29) is 18.9 Å². The highest BCUT2D eigenvalue weighted by molar-refractivity contribution is 5.83. The van der Waals surface area contributed by atoms with Crippen molar-refractivity contribution in [1.82, 2.24) is 29.4 Å². The topological polar surface area (TPSA) is 102 Å². The Bertz CT molecular complexity index is 977. The molecule has 1 N–H and O–H groups in total. The van der Waals surface area contributed by atoms with E-state index in [4.69, 9.17) is 9.47 Å². The first kappa shape index (κ1) is 19.3. The maximum Gasteiger partial charge on any atom is 0.167 e. The number of hydrogen-bond acceptors (Lipinski definition) is 9. The number of rotatable bonds is 5. The van der Waals surface area contributed by atoms with E-state index in [1.165, 1.54) is 5.56 Å². The van der Waals surface area contributed by atoms with Crippen molar-refractivity contribution in [2.24, 2.45) is 0 Å². The van der Waals surface area contributed by atoms with Gasteiger partial charge in [-0.3, -0.25) is 14.5 Å². The molecular formula is C20H25N7O3. The first-order valence-electron chi connectivity index (χ1n) is 10.2. The van der Waals surface area contributed by atoms with Crippen LogP contribution >= 0.6 is 0 Å². The maximum atomic E-state index is 9.79. The number of aliphatic hydroxyl groups is 1. The van der Waals surface area contributed by atoms with Crippen molar-refractivity contribution in [2.75, 3.05) is 50.9 Å². The van der Waals surface area contributed by atoms with Gasteiger partial charge >= 0.3 is 0 Å². The number of aliphatic hydroxyl groups excluding tert-OH is 1. The molecule has 2 saturated heterocycles. The monoisotopic (exact) mass is 411 g/mol. The molecule has 2 atom stereocenters. The second kappa shape index (κ2) is 8.60. The largest absolute Gasteiger partial charge is 0.394 e. The number of morpholine rings is 2. The van der Waals surface area contributed by atoms with Crippen molar-refractivity contribution in [3.63, 3.8) is 0 Å². The van der Waals surface area contributed by atoms with Gasteiger partial charge in [-0.25, -0.2) is 15.0 Å². The van der Waals surface area contributed by atoms with Crippen LogP contribution in [0.2, 0.25) is 0 Å². The molecule has 3 aromatic heterocycles. The fourth-order valence-corrected chi connectivity index (χ4v) is 4.08. The summed E-state index contributed by atoms with van der Waals surface area (Å²) in [5.74, 6) is 0.824. The van der Waals surface area contributed by atoms with Crippen LogP contribution in [-0.2, 0) is 16.0 Å². The Labute approximate surface area is 174 Å². The van der Waals surface area contributed by atoms with E-state index in [1.807, 2.05) is 16.7 Å². The van der Waals surface area contributed by atoms with Crippen molar-refractivity contribution in [3.8, 4) is 0 Å². The Balaban J connectivity index is 1.42. The SMILES string of the molecule is OC[C@@H]1CN(Cc2ccncc2)C[C@H](n2cnc3c(N4CCOCC4)ncnc32)O1. The molecule has 10 heteroatoms. The van der Waals surface area contributed by atoms with Gasteiger partial charge in [-0.15, -0.1) is 0 Å². The van der Waals surface area contributed by atoms with Crippen LogP contribution in [0.5, 0.6) is 0 Å². The summed E-state index contributed by atoms with van der Waals surface area (Å²) in [5, 5.41) is 9.79. The molecule has 2 aliphatic rings. The zero-order valence-corrected chi connectivity index (χ0v) is 16.7. The van der Waals surface area contributed by atoms with Crippen molar-refractivity contribution in [2.45, 2.75) is 18.9 Å². The van der Waals surface area contributed by atoms with Crippen LogP contribution < -0.4 is 4.90 Å². The predicted octanol–water partition coefficient (Wildman–Crippen LogP) is 0.450. The summed E-state index contributed by atoms with van der Waals surface area (Å²) in [7, 11) is 0. The Morgan fingerprint density at radius 2 is 1.90 bits per heavy atom. The smallest absolute Gasteiger partial charge is 0.167 e. The molecule has 158 valence electrons. The molecule has 30 heavy (non-hydrogen) atoms. The lowest BCUT2D eigenvalue weighted by molar-refractivity contribution is -0.135. The lowest BCUT2D eigenvalue weighted by atomic mass is 10.2. The number of nitrogens with zero attached hydrogens (tertiary/aromatic N) is 7. The molecule has 0 spiro atoms. The fourth-order valence-electron chi connectivity index (χ4n) is 4.08.